The van der Waals surface area contributed by atoms with Crippen molar-refractivity contribution in [3.63, 3.8) is 0 Å². The van der Waals surface area contributed by atoms with Gasteiger partial charge in [0.15, 0.2) is 0 Å². The van der Waals surface area contributed by atoms with Crippen LogP contribution in [0.25, 0.3) is 0 Å². The van der Waals surface area contributed by atoms with Crippen molar-refractivity contribution >= 4 is 64.6 Å². The van der Waals surface area contributed by atoms with Gasteiger partial charge in [-0.1, -0.05) is 34.8 Å². The van der Waals surface area contributed by atoms with Crippen LogP contribution in [0.15, 0.2) is 29.3 Å². The maximum absolute atomic E-state index is 12.6. The first-order valence-electron chi connectivity index (χ1n) is 7.66. The Bertz CT molecular complexity index is 1020. The average molecular weight is 502 g/mol. The minimum absolute atomic E-state index is 0.0603. The van der Waals surface area contributed by atoms with Crippen LogP contribution >= 0.6 is 46.8 Å². The van der Waals surface area contributed by atoms with Crippen molar-refractivity contribution in [3.8, 4) is 0 Å². The van der Waals surface area contributed by atoms with E-state index in [-0.39, 0.29) is 20.5 Å². The third-order valence-corrected chi connectivity index (χ3v) is 5.18. The van der Waals surface area contributed by atoms with Gasteiger partial charge in [0.25, 0.3) is 11.8 Å². The van der Waals surface area contributed by atoms with Gasteiger partial charge in [-0.3, -0.25) is 19.6 Å². The number of nitrogens with zero attached hydrogens (tertiary/aromatic N) is 1. The third-order valence-electron chi connectivity index (χ3n) is 3.34. The largest absolute Gasteiger partial charge is 0.417 e. The average Bonchev–Trinajstić information content (AvgIpc) is 2.65. The normalized spacial score (nSPS) is 11.0. The topological polar surface area (TPSA) is 100 Å². The second kappa shape index (κ2) is 9.73. The molecule has 0 radical (unpaired) electrons. The smallest absolute Gasteiger partial charge is 0.355 e. The molecule has 0 saturated heterocycles. The summed E-state index contributed by atoms with van der Waals surface area (Å²) in [4.78, 5) is 39.5. The van der Waals surface area contributed by atoms with Gasteiger partial charge < -0.3 is 5.32 Å². The monoisotopic (exact) mass is 500 g/mol. The summed E-state index contributed by atoms with van der Waals surface area (Å²) < 4.78 is 40.1. The number of hydrogen-bond donors (Lipinski definition) is 3. The predicted octanol–water partition coefficient (Wildman–Crippen LogP) is 4.57. The fourth-order valence-corrected chi connectivity index (χ4v) is 3.54. The van der Waals surface area contributed by atoms with E-state index in [4.69, 9.17) is 34.8 Å². The number of carbonyl (C=O) groups excluding carboxylic acids is 3. The molecule has 0 spiro atoms. The van der Waals surface area contributed by atoms with E-state index < -0.39 is 40.3 Å². The third kappa shape index (κ3) is 5.91. The summed E-state index contributed by atoms with van der Waals surface area (Å²) in [6, 6.07) is 2.12. The van der Waals surface area contributed by atoms with Gasteiger partial charge >= 0.3 is 12.2 Å². The number of amides is 4. The van der Waals surface area contributed by atoms with Gasteiger partial charge in [0.2, 0.25) is 0 Å². The molecule has 3 N–H and O–H groups in total. The molecule has 0 aliphatic carbocycles. The molecule has 0 aliphatic heterocycles. The standard InChI is InChI=1S/C16H10Cl3F3N4O3S/c1-23-13(27)8-3-7(17)4-10(19)12(8)30-26-15(29)25-14(28)11-9(18)2-6(5-24-11)16(20,21)22/h2-5H,1H3,(H,23,27)(H2,25,26,28,29). The first kappa shape index (κ1) is 24.1. The number of urea groups is 1. The van der Waals surface area contributed by atoms with Gasteiger partial charge in [0, 0.05) is 18.3 Å². The van der Waals surface area contributed by atoms with Crippen molar-refractivity contribution in [2.24, 2.45) is 0 Å². The number of hydrogen-bond acceptors (Lipinski definition) is 5. The molecule has 2 rings (SSSR count). The number of benzene rings is 1. The van der Waals surface area contributed by atoms with Crippen LogP contribution in [0.5, 0.6) is 0 Å². The summed E-state index contributed by atoms with van der Waals surface area (Å²) in [5.41, 5.74) is -1.66. The lowest BCUT2D eigenvalue weighted by atomic mass is 10.2. The molecule has 0 unspecified atom stereocenters. The van der Waals surface area contributed by atoms with Gasteiger partial charge in [-0.25, -0.2) is 9.78 Å². The highest BCUT2D eigenvalue weighted by molar-refractivity contribution is 7.98. The maximum atomic E-state index is 12.6. The highest BCUT2D eigenvalue weighted by Crippen LogP contribution is 2.33. The van der Waals surface area contributed by atoms with E-state index in [1.165, 1.54) is 19.2 Å². The lowest BCUT2D eigenvalue weighted by Gasteiger charge is -2.12. The maximum Gasteiger partial charge on any atom is 0.417 e. The van der Waals surface area contributed by atoms with Crippen LogP contribution in [0, 0.1) is 0 Å². The van der Waals surface area contributed by atoms with Crippen LogP contribution in [0.3, 0.4) is 0 Å². The van der Waals surface area contributed by atoms with E-state index in [9.17, 15) is 27.6 Å². The number of imide groups is 1. The number of alkyl halides is 3. The van der Waals surface area contributed by atoms with E-state index in [2.05, 4.69) is 15.0 Å². The molecule has 4 amide bonds. The fourth-order valence-electron chi connectivity index (χ4n) is 2.01. The molecule has 30 heavy (non-hydrogen) atoms. The van der Waals surface area contributed by atoms with E-state index in [0.717, 1.165) is 0 Å². The molecule has 0 aliphatic rings. The number of rotatable bonds is 4. The van der Waals surface area contributed by atoms with Gasteiger partial charge in [-0.05, 0) is 30.1 Å². The second-order valence-electron chi connectivity index (χ2n) is 5.38. The zero-order valence-electron chi connectivity index (χ0n) is 14.7. The van der Waals surface area contributed by atoms with E-state index in [1.54, 1.807) is 0 Å². The Kier molecular flexibility index (Phi) is 7.81. The number of carbonyl (C=O) groups is 3. The first-order chi connectivity index (χ1) is 13.9. The van der Waals surface area contributed by atoms with Crippen molar-refractivity contribution in [1.29, 1.82) is 0 Å². The van der Waals surface area contributed by atoms with Crippen LogP contribution < -0.4 is 15.4 Å². The van der Waals surface area contributed by atoms with Crippen molar-refractivity contribution in [3.05, 3.63) is 56.3 Å². The van der Waals surface area contributed by atoms with Crippen molar-refractivity contribution in [2.45, 2.75) is 11.1 Å². The molecule has 0 fully saturated rings. The van der Waals surface area contributed by atoms with Crippen LogP contribution in [0.1, 0.15) is 26.4 Å². The summed E-state index contributed by atoms with van der Waals surface area (Å²) in [7, 11) is 1.38. The van der Waals surface area contributed by atoms with Gasteiger partial charge in [-0.15, -0.1) is 0 Å². The fraction of sp³-hybridized carbons (Fsp3) is 0.125. The lowest BCUT2D eigenvalue weighted by Crippen LogP contribution is -2.37. The van der Waals surface area contributed by atoms with Crippen molar-refractivity contribution < 1.29 is 27.6 Å². The zero-order chi connectivity index (χ0) is 22.6. The summed E-state index contributed by atoms with van der Waals surface area (Å²) in [6.45, 7) is 0. The molecule has 0 bridgehead atoms. The van der Waals surface area contributed by atoms with Gasteiger partial charge in [-0.2, -0.15) is 13.2 Å². The van der Waals surface area contributed by atoms with Crippen LogP contribution in [-0.4, -0.2) is 29.9 Å². The van der Waals surface area contributed by atoms with Crippen LogP contribution in [0.4, 0.5) is 18.0 Å². The molecule has 1 aromatic carbocycles. The number of nitrogens with one attached hydrogen (secondary N) is 3. The Hall–Kier alpha value is -2.21. The molecule has 0 atom stereocenters. The van der Waals surface area contributed by atoms with Gasteiger partial charge in [0.1, 0.15) is 5.69 Å². The minimum atomic E-state index is -4.69. The number of aromatic nitrogens is 1. The van der Waals surface area contributed by atoms with Crippen molar-refractivity contribution in [1.82, 2.24) is 20.3 Å². The second-order valence-corrected chi connectivity index (χ2v) is 7.45. The Morgan fingerprint density at radius 3 is 2.27 bits per heavy atom. The lowest BCUT2D eigenvalue weighted by molar-refractivity contribution is -0.137. The predicted molar refractivity (Wildman–Crippen MR) is 106 cm³/mol. The number of pyridine rings is 1. The summed E-state index contributed by atoms with van der Waals surface area (Å²) in [6.07, 6.45) is -4.28. The highest BCUT2D eigenvalue weighted by Gasteiger charge is 2.32. The van der Waals surface area contributed by atoms with Crippen LogP contribution in [-0.2, 0) is 6.18 Å². The molecule has 0 saturated carbocycles. The van der Waals surface area contributed by atoms with Gasteiger partial charge in [0.05, 0.1) is 26.1 Å². The molecule has 1 heterocycles. The Balaban J connectivity index is 2.11. The van der Waals surface area contributed by atoms with E-state index in [0.29, 0.717) is 24.2 Å². The summed E-state index contributed by atoms with van der Waals surface area (Å²) >= 11 is 18.2. The summed E-state index contributed by atoms with van der Waals surface area (Å²) in [5.74, 6) is -1.67. The molecular formula is C16H10Cl3F3N4O3S. The Labute approximate surface area is 186 Å². The quantitative estimate of drug-likeness (QED) is 0.533. The van der Waals surface area contributed by atoms with Crippen LogP contribution in [0.2, 0.25) is 15.1 Å². The SMILES string of the molecule is CNC(=O)c1cc(Cl)cc(Cl)c1SNC(=O)NC(=O)c1ncc(C(F)(F)F)cc1Cl. The highest BCUT2D eigenvalue weighted by atomic mass is 35.5. The molecule has 7 nitrogen and oxygen atoms in total. The minimum Gasteiger partial charge on any atom is -0.355 e. The van der Waals surface area contributed by atoms with E-state index in [1.807, 2.05) is 5.32 Å². The first-order valence-corrected chi connectivity index (χ1v) is 9.61. The molecule has 14 heteroatoms. The molecule has 2 aromatic rings. The molecule has 1 aromatic heterocycles. The zero-order valence-corrected chi connectivity index (χ0v) is 17.7. The number of halogens is 6. The Morgan fingerprint density at radius 2 is 1.70 bits per heavy atom. The van der Waals surface area contributed by atoms with Crippen molar-refractivity contribution in [2.75, 3.05) is 7.05 Å². The Morgan fingerprint density at radius 1 is 1.03 bits per heavy atom. The summed E-state index contributed by atoms with van der Waals surface area (Å²) in [5, 5.41) is 3.89. The molecule has 160 valence electrons. The van der Waals surface area contributed by atoms with E-state index >= 15 is 0 Å². The molecular weight excluding hydrogens is 492 g/mol.